The number of hydrogen-bond donors (Lipinski definition) is 3. The van der Waals surface area contributed by atoms with Crippen molar-refractivity contribution in [2.24, 2.45) is 11.1 Å². The summed E-state index contributed by atoms with van der Waals surface area (Å²) in [4.78, 5) is 11.8. The Balaban J connectivity index is 2.38. The molecule has 0 saturated carbocycles. The molecule has 0 spiro atoms. The average Bonchev–Trinajstić information content (AvgIpc) is 2.56. The van der Waals surface area contributed by atoms with E-state index in [2.05, 4.69) is 5.32 Å². The van der Waals surface area contributed by atoms with Crippen LogP contribution >= 0.6 is 0 Å². The van der Waals surface area contributed by atoms with E-state index in [0.717, 1.165) is 0 Å². The maximum Gasteiger partial charge on any atom is 0.221 e. The standard InChI is InChI=1S/C13H26N2O3/c1-9-13(17,5-6-18-9)8-15-11(16)7-10(14)12(2,3)4/h9-10,17H,5-8,14H2,1-4H3,(H,15,16). The minimum Gasteiger partial charge on any atom is -0.385 e. The van der Waals surface area contributed by atoms with Crippen LogP contribution in [0.3, 0.4) is 0 Å². The fourth-order valence-electron chi connectivity index (χ4n) is 1.83. The van der Waals surface area contributed by atoms with E-state index in [1.165, 1.54) is 0 Å². The van der Waals surface area contributed by atoms with E-state index in [9.17, 15) is 9.90 Å². The fourth-order valence-corrected chi connectivity index (χ4v) is 1.83. The van der Waals surface area contributed by atoms with Crippen LogP contribution in [0.4, 0.5) is 0 Å². The normalized spacial score (nSPS) is 30.2. The van der Waals surface area contributed by atoms with E-state index in [1.54, 1.807) is 0 Å². The van der Waals surface area contributed by atoms with Crippen LogP contribution < -0.4 is 11.1 Å². The highest BCUT2D eigenvalue weighted by Gasteiger charge is 2.39. The molecule has 0 aromatic heterocycles. The van der Waals surface area contributed by atoms with Crippen LogP contribution in [0.2, 0.25) is 0 Å². The van der Waals surface area contributed by atoms with Gasteiger partial charge < -0.3 is 20.9 Å². The number of rotatable bonds is 4. The second-order valence-electron chi connectivity index (χ2n) is 6.32. The van der Waals surface area contributed by atoms with E-state index in [4.69, 9.17) is 10.5 Å². The molecule has 0 aliphatic carbocycles. The number of nitrogens with one attached hydrogen (secondary N) is 1. The lowest BCUT2D eigenvalue weighted by Crippen LogP contribution is -2.49. The van der Waals surface area contributed by atoms with Gasteiger partial charge in [-0.05, 0) is 12.3 Å². The third kappa shape index (κ3) is 3.93. The summed E-state index contributed by atoms with van der Waals surface area (Å²) >= 11 is 0. The Hall–Kier alpha value is -0.650. The second-order valence-corrected chi connectivity index (χ2v) is 6.32. The van der Waals surface area contributed by atoms with Crippen LogP contribution in [0, 0.1) is 5.41 Å². The average molecular weight is 258 g/mol. The smallest absolute Gasteiger partial charge is 0.221 e. The molecule has 1 saturated heterocycles. The lowest BCUT2D eigenvalue weighted by Gasteiger charge is -2.28. The first-order valence-corrected chi connectivity index (χ1v) is 6.51. The Morgan fingerprint density at radius 1 is 1.61 bits per heavy atom. The third-order valence-electron chi connectivity index (χ3n) is 3.77. The molecule has 0 aromatic carbocycles. The molecule has 1 aliphatic rings. The summed E-state index contributed by atoms with van der Waals surface area (Å²) < 4.78 is 5.31. The Bertz CT molecular complexity index is 301. The highest BCUT2D eigenvalue weighted by Crippen LogP contribution is 2.25. The molecule has 1 rings (SSSR count). The largest absolute Gasteiger partial charge is 0.385 e. The van der Waals surface area contributed by atoms with Crippen LogP contribution in [-0.2, 0) is 9.53 Å². The van der Waals surface area contributed by atoms with Crippen molar-refractivity contribution in [3.8, 4) is 0 Å². The SMILES string of the molecule is CC1OCCC1(O)CNC(=O)CC(N)C(C)(C)C. The molecule has 106 valence electrons. The molecular weight excluding hydrogens is 232 g/mol. The lowest BCUT2D eigenvalue weighted by molar-refractivity contribution is -0.123. The summed E-state index contributed by atoms with van der Waals surface area (Å²) in [5, 5.41) is 13.0. The zero-order valence-electron chi connectivity index (χ0n) is 11.8. The van der Waals surface area contributed by atoms with Gasteiger partial charge in [0.1, 0.15) is 5.60 Å². The topological polar surface area (TPSA) is 84.6 Å². The summed E-state index contributed by atoms with van der Waals surface area (Å²) in [6.45, 7) is 8.60. The van der Waals surface area contributed by atoms with Crippen LogP contribution in [0.25, 0.3) is 0 Å². The van der Waals surface area contributed by atoms with Crippen LogP contribution in [0.1, 0.15) is 40.5 Å². The van der Waals surface area contributed by atoms with Gasteiger partial charge in [0.15, 0.2) is 0 Å². The Kier molecular flexibility index (Phi) is 4.75. The van der Waals surface area contributed by atoms with Crippen molar-refractivity contribution in [3.05, 3.63) is 0 Å². The van der Waals surface area contributed by atoms with Crippen molar-refractivity contribution < 1.29 is 14.6 Å². The predicted molar refractivity (Wildman–Crippen MR) is 70.0 cm³/mol. The molecule has 1 heterocycles. The molecule has 0 radical (unpaired) electrons. The molecule has 1 amide bonds. The van der Waals surface area contributed by atoms with Crippen molar-refractivity contribution in [1.29, 1.82) is 0 Å². The van der Waals surface area contributed by atoms with E-state index in [1.807, 2.05) is 27.7 Å². The maximum atomic E-state index is 11.8. The number of carbonyl (C=O) groups excluding carboxylic acids is 1. The van der Waals surface area contributed by atoms with Crippen molar-refractivity contribution in [1.82, 2.24) is 5.32 Å². The molecule has 5 nitrogen and oxygen atoms in total. The van der Waals surface area contributed by atoms with Gasteiger partial charge in [0.2, 0.25) is 5.91 Å². The summed E-state index contributed by atoms with van der Waals surface area (Å²) in [6.07, 6.45) is 0.586. The molecule has 5 heteroatoms. The predicted octanol–water partition coefficient (Wildman–Crippen LogP) is 0.406. The molecule has 18 heavy (non-hydrogen) atoms. The van der Waals surface area contributed by atoms with Gasteiger partial charge in [-0.3, -0.25) is 4.79 Å². The summed E-state index contributed by atoms with van der Waals surface area (Å²) in [5.41, 5.74) is 4.91. The minimum atomic E-state index is -0.943. The Morgan fingerprint density at radius 3 is 2.67 bits per heavy atom. The van der Waals surface area contributed by atoms with Crippen molar-refractivity contribution in [3.63, 3.8) is 0 Å². The van der Waals surface area contributed by atoms with Gasteiger partial charge in [0, 0.05) is 32.0 Å². The van der Waals surface area contributed by atoms with Crippen molar-refractivity contribution >= 4 is 5.91 Å². The summed E-state index contributed by atoms with van der Waals surface area (Å²) in [6, 6.07) is -0.190. The van der Waals surface area contributed by atoms with Crippen LogP contribution in [0.15, 0.2) is 0 Å². The highest BCUT2D eigenvalue weighted by atomic mass is 16.5. The second kappa shape index (κ2) is 5.55. The van der Waals surface area contributed by atoms with Crippen molar-refractivity contribution in [2.45, 2.75) is 58.3 Å². The summed E-state index contributed by atoms with van der Waals surface area (Å²) in [7, 11) is 0. The monoisotopic (exact) mass is 258 g/mol. The number of carbonyl (C=O) groups is 1. The highest BCUT2D eigenvalue weighted by molar-refractivity contribution is 5.76. The number of amides is 1. The Labute approximate surface area is 109 Å². The number of aliphatic hydroxyl groups is 1. The third-order valence-corrected chi connectivity index (χ3v) is 3.77. The molecule has 0 bridgehead atoms. The molecule has 0 aromatic rings. The van der Waals surface area contributed by atoms with E-state index >= 15 is 0 Å². The van der Waals surface area contributed by atoms with E-state index in [-0.39, 0.29) is 36.4 Å². The molecule has 3 unspecified atom stereocenters. The fraction of sp³-hybridized carbons (Fsp3) is 0.923. The van der Waals surface area contributed by atoms with E-state index in [0.29, 0.717) is 13.0 Å². The molecule has 3 atom stereocenters. The van der Waals surface area contributed by atoms with Gasteiger partial charge >= 0.3 is 0 Å². The quantitative estimate of drug-likeness (QED) is 0.681. The minimum absolute atomic E-state index is 0.0992. The number of hydrogen-bond acceptors (Lipinski definition) is 4. The molecule has 1 fully saturated rings. The summed E-state index contributed by atoms with van der Waals surface area (Å²) in [5.74, 6) is -0.120. The first-order chi connectivity index (χ1) is 8.15. The van der Waals surface area contributed by atoms with Gasteiger partial charge in [-0.15, -0.1) is 0 Å². The first kappa shape index (κ1) is 15.4. The first-order valence-electron chi connectivity index (χ1n) is 6.51. The van der Waals surface area contributed by atoms with Gasteiger partial charge in [0.05, 0.1) is 6.10 Å². The lowest BCUT2D eigenvalue weighted by atomic mass is 9.85. The zero-order chi connectivity index (χ0) is 14.0. The van der Waals surface area contributed by atoms with Crippen LogP contribution in [0.5, 0.6) is 0 Å². The van der Waals surface area contributed by atoms with E-state index < -0.39 is 5.60 Å². The zero-order valence-corrected chi connectivity index (χ0v) is 11.8. The van der Waals surface area contributed by atoms with Gasteiger partial charge in [-0.2, -0.15) is 0 Å². The maximum absolute atomic E-state index is 11.8. The van der Waals surface area contributed by atoms with Gasteiger partial charge in [-0.25, -0.2) is 0 Å². The molecular formula is C13H26N2O3. The number of ether oxygens (including phenoxy) is 1. The van der Waals surface area contributed by atoms with Gasteiger partial charge in [0.25, 0.3) is 0 Å². The number of nitrogens with two attached hydrogens (primary N) is 1. The van der Waals surface area contributed by atoms with Crippen molar-refractivity contribution in [2.75, 3.05) is 13.2 Å². The molecule has 4 N–H and O–H groups in total. The Morgan fingerprint density at radius 2 is 2.22 bits per heavy atom. The van der Waals surface area contributed by atoms with Crippen LogP contribution in [-0.4, -0.2) is 41.9 Å². The van der Waals surface area contributed by atoms with Gasteiger partial charge in [-0.1, -0.05) is 20.8 Å². The molecule has 1 aliphatic heterocycles.